The summed E-state index contributed by atoms with van der Waals surface area (Å²) in [5.74, 6) is 0.0488. The number of piperidine rings is 1. The molecule has 4 rings (SSSR count). The van der Waals surface area contributed by atoms with Crippen LogP contribution in [0, 0.1) is 5.82 Å². The largest absolute Gasteiger partial charge is 0.489 e. The number of hydrogen-bond acceptors (Lipinski definition) is 4. The molecule has 0 spiro atoms. The second-order valence-corrected chi connectivity index (χ2v) is 7.04. The summed E-state index contributed by atoms with van der Waals surface area (Å²) in [4.78, 5) is 12.5. The molecule has 2 N–H and O–H groups in total. The molecule has 1 amide bonds. The van der Waals surface area contributed by atoms with Crippen molar-refractivity contribution in [2.45, 2.75) is 25.5 Å². The zero-order valence-electron chi connectivity index (χ0n) is 16.4. The SMILES string of the molecule is Cl.O=C(Nc1ccc(OCc2ccccc2F)cc1)c1ccn(C2CCCNC2)n1. The summed E-state index contributed by atoms with van der Waals surface area (Å²) >= 11 is 0. The second-order valence-electron chi connectivity index (χ2n) is 7.04. The Bertz CT molecular complexity index is 971. The van der Waals surface area contributed by atoms with Gasteiger partial charge in [-0.25, -0.2) is 4.39 Å². The van der Waals surface area contributed by atoms with Crippen LogP contribution in [0.15, 0.2) is 60.8 Å². The van der Waals surface area contributed by atoms with Gasteiger partial charge in [0.1, 0.15) is 18.2 Å². The Balaban J connectivity index is 0.00000256. The van der Waals surface area contributed by atoms with E-state index in [-0.39, 0.29) is 36.8 Å². The van der Waals surface area contributed by atoms with Crippen molar-refractivity contribution in [2.24, 2.45) is 0 Å². The molecule has 2 aromatic carbocycles. The second kappa shape index (κ2) is 10.2. The van der Waals surface area contributed by atoms with Gasteiger partial charge in [0.05, 0.1) is 6.04 Å². The van der Waals surface area contributed by atoms with Gasteiger partial charge in [-0.1, -0.05) is 18.2 Å². The molecule has 1 aliphatic rings. The molecule has 2 heterocycles. The van der Waals surface area contributed by atoms with E-state index in [1.165, 1.54) is 6.07 Å². The minimum atomic E-state index is -0.292. The van der Waals surface area contributed by atoms with Gasteiger partial charge in [-0.3, -0.25) is 9.48 Å². The van der Waals surface area contributed by atoms with Gasteiger partial charge in [0.15, 0.2) is 5.69 Å². The van der Waals surface area contributed by atoms with Crippen LogP contribution in [0.5, 0.6) is 5.75 Å². The Labute approximate surface area is 180 Å². The summed E-state index contributed by atoms with van der Waals surface area (Å²) in [6.07, 6.45) is 4.02. The predicted octanol–water partition coefficient (Wildman–Crippen LogP) is 4.20. The summed E-state index contributed by atoms with van der Waals surface area (Å²) < 4.78 is 21.1. The maximum atomic E-state index is 13.6. The fourth-order valence-electron chi connectivity index (χ4n) is 3.33. The van der Waals surface area contributed by atoms with Crippen molar-refractivity contribution in [3.63, 3.8) is 0 Å². The number of aromatic nitrogens is 2. The van der Waals surface area contributed by atoms with Crippen LogP contribution in [-0.4, -0.2) is 28.8 Å². The molecular formula is C22H24ClFN4O2. The van der Waals surface area contributed by atoms with Crippen molar-refractivity contribution in [2.75, 3.05) is 18.4 Å². The van der Waals surface area contributed by atoms with Gasteiger partial charge >= 0.3 is 0 Å². The zero-order valence-corrected chi connectivity index (χ0v) is 17.2. The molecule has 30 heavy (non-hydrogen) atoms. The molecular weight excluding hydrogens is 407 g/mol. The number of anilines is 1. The molecule has 1 unspecified atom stereocenters. The topological polar surface area (TPSA) is 68.2 Å². The maximum absolute atomic E-state index is 13.6. The molecule has 0 radical (unpaired) electrons. The predicted molar refractivity (Wildman–Crippen MR) is 116 cm³/mol. The van der Waals surface area contributed by atoms with Crippen molar-refractivity contribution in [1.82, 2.24) is 15.1 Å². The summed E-state index contributed by atoms with van der Waals surface area (Å²) in [5.41, 5.74) is 1.52. The number of benzene rings is 2. The van der Waals surface area contributed by atoms with E-state index in [2.05, 4.69) is 15.7 Å². The van der Waals surface area contributed by atoms with Gasteiger partial charge in [-0.05, 0) is 55.8 Å². The minimum absolute atomic E-state index is 0. The van der Waals surface area contributed by atoms with Crippen LogP contribution in [-0.2, 0) is 6.61 Å². The number of amides is 1. The molecule has 0 bridgehead atoms. The van der Waals surface area contributed by atoms with Crippen molar-refractivity contribution in [1.29, 1.82) is 0 Å². The maximum Gasteiger partial charge on any atom is 0.276 e. The van der Waals surface area contributed by atoms with Crippen LogP contribution in [0.1, 0.15) is 34.9 Å². The molecule has 1 atom stereocenters. The van der Waals surface area contributed by atoms with Gasteiger partial charge in [-0.15, -0.1) is 12.4 Å². The van der Waals surface area contributed by atoms with Crippen LogP contribution in [0.4, 0.5) is 10.1 Å². The lowest BCUT2D eigenvalue weighted by molar-refractivity contribution is 0.102. The van der Waals surface area contributed by atoms with Crippen LogP contribution < -0.4 is 15.4 Å². The van der Waals surface area contributed by atoms with Crippen LogP contribution >= 0.6 is 12.4 Å². The van der Waals surface area contributed by atoms with E-state index >= 15 is 0 Å². The molecule has 6 nitrogen and oxygen atoms in total. The number of halogens is 2. The van der Waals surface area contributed by atoms with Crippen molar-refractivity contribution < 1.29 is 13.9 Å². The van der Waals surface area contributed by atoms with Gasteiger partial charge in [-0.2, -0.15) is 5.10 Å². The van der Waals surface area contributed by atoms with Crippen molar-refractivity contribution in [3.05, 3.63) is 77.9 Å². The normalized spacial score (nSPS) is 15.8. The first-order valence-corrected chi connectivity index (χ1v) is 9.72. The number of ether oxygens (including phenoxy) is 1. The summed E-state index contributed by atoms with van der Waals surface area (Å²) in [6, 6.07) is 15.5. The average molecular weight is 431 g/mol. The smallest absolute Gasteiger partial charge is 0.276 e. The van der Waals surface area contributed by atoms with E-state index in [1.807, 2.05) is 10.9 Å². The van der Waals surface area contributed by atoms with Crippen molar-refractivity contribution in [3.8, 4) is 5.75 Å². The van der Waals surface area contributed by atoms with E-state index in [0.29, 0.717) is 22.7 Å². The van der Waals surface area contributed by atoms with E-state index in [9.17, 15) is 9.18 Å². The molecule has 1 saturated heterocycles. The van der Waals surface area contributed by atoms with Gasteiger partial charge in [0, 0.05) is 24.0 Å². The number of nitrogens with one attached hydrogen (secondary N) is 2. The minimum Gasteiger partial charge on any atom is -0.489 e. The highest BCUT2D eigenvalue weighted by atomic mass is 35.5. The molecule has 1 fully saturated rings. The highest BCUT2D eigenvalue weighted by molar-refractivity contribution is 6.02. The fraction of sp³-hybridized carbons (Fsp3) is 0.273. The zero-order chi connectivity index (χ0) is 20.1. The van der Waals surface area contributed by atoms with Crippen molar-refractivity contribution >= 4 is 24.0 Å². The van der Waals surface area contributed by atoms with Gasteiger partial charge in [0.2, 0.25) is 0 Å². The quantitative estimate of drug-likeness (QED) is 0.615. The summed E-state index contributed by atoms with van der Waals surface area (Å²) in [7, 11) is 0. The molecule has 0 saturated carbocycles. The molecule has 8 heteroatoms. The van der Waals surface area contributed by atoms with Gasteiger partial charge < -0.3 is 15.4 Å². The first kappa shape index (κ1) is 21.8. The van der Waals surface area contributed by atoms with Crippen LogP contribution in [0.3, 0.4) is 0 Å². The fourth-order valence-corrected chi connectivity index (χ4v) is 3.33. The first-order valence-electron chi connectivity index (χ1n) is 9.72. The summed E-state index contributed by atoms with van der Waals surface area (Å²) in [5, 5.41) is 10.6. The molecule has 0 aliphatic carbocycles. The van der Waals surface area contributed by atoms with Crippen LogP contribution in [0.25, 0.3) is 0 Å². The highest BCUT2D eigenvalue weighted by Gasteiger charge is 2.17. The molecule has 3 aromatic rings. The number of carbonyl (C=O) groups excluding carboxylic acids is 1. The Hall–Kier alpha value is -2.90. The van der Waals surface area contributed by atoms with Crippen LogP contribution in [0.2, 0.25) is 0 Å². The average Bonchev–Trinajstić information content (AvgIpc) is 3.25. The third kappa shape index (κ3) is 5.37. The summed E-state index contributed by atoms with van der Waals surface area (Å²) in [6.45, 7) is 2.05. The Morgan fingerprint density at radius 3 is 2.73 bits per heavy atom. The molecule has 1 aromatic heterocycles. The number of nitrogens with zero attached hydrogens (tertiary/aromatic N) is 2. The van der Waals surface area contributed by atoms with E-state index in [0.717, 1.165) is 25.9 Å². The standard InChI is InChI=1S/C22H23FN4O2.ClH/c23-20-6-2-1-4-16(20)15-29-19-9-7-17(8-10-19)25-22(28)21-11-13-27(26-21)18-5-3-12-24-14-18;/h1-2,4,6-11,13,18,24H,3,5,12,14-15H2,(H,25,28);1H. The Morgan fingerprint density at radius 2 is 2.00 bits per heavy atom. The number of carbonyl (C=O) groups is 1. The molecule has 158 valence electrons. The van der Waals surface area contributed by atoms with Gasteiger partial charge in [0.25, 0.3) is 5.91 Å². The Morgan fingerprint density at radius 1 is 1.20 bits per heavy atom. The molecule has 1 aliphatic heterocycles. The monoisotopic (exact) mass is 430 g/mol. The third-order valence-corrected chi connectivity index (χ3v) is 4.95. The van der Waals surface area contributed by atoms with E-state index in [1.54, 1.807) is 48.5 Å². The number of hydrogen-bond donors (Lipinski definition) is 2. The lowest BCUT2D eigenvalue weighted by Crippen LogP contribution is -2.32. The Kier molecular flexibility index (Phi) is 7.43. The highest BCUT2D eigenvalue weighted by Crippen LogP contribution is 2.19. The third-order valence-electron chi connectivity index (χ3n) is 4.95. The van der Waals surface area contributed by atoms with E-state index in [4.69, 9.17) is 4.74 Å². The lowest BCUT2D eigenvalue weighted by Gasteiger charge is -2.22. The lowest BCUT2D eigenvalue weighted by atomic mass is 10.1. The first-order chi connectivity index (χ1) is 14.2. The van der Waals surface area contributed by atoms with E-state index < -0.39 is 0 Å². The number of rotatable bonds is 6.